The Morgan fingerprint density at radius 2 is 1.14 bits per heavy atom. The van der Waals surface area contributed by atoms with Gasteiger partial charge in [0.2, 0.25) is 0 Å². The topological polar surface area (TPSA) is 50.9 Å². The number of imidazole rings is 1. The molecule has 1 N–H and O–H groups in total. The summed E-state index contributed by atoms with van der Waals surface area (Å²) in [4.78, 5) is 10.2. The van der Waals surface area contributed by atoms with Crippen molar-refractivity contribution in [2.75, 3.05) is 0 Å². The van der Waals surface area contributed by atoms with E-state index in [1.54, 1.807) is 30.5 Å². The van der Waals surface area contributed by atoms with Gasteiger partial charge in [-0.05, 0) is 171 Å². The van der Waals surface area contributed by atoms with Crippen LogP contribution >= 0.6 is 0 Å². The summed E-state index contributed by atoms with van der Waals surface area (Å²) in [6, 6.07) is 50.2. The SMILES string of the molecule is [2H]C([2H])([2H])c1cc(-c2c(C(C)(CC)CC)cccc2C(C)(CC)CC)ccc1-n1c(-c2ccccc2O)nc2c(-c3cc(-c4ccccc4)cc(-c4cc(-c5ccc(C(C([2H])([2H])[2H])(C([2H])([2H])[2H])C([2H])([2H])[2H])cc5)ccn4)c3)cccc21. The number of nitrogens with zero attached hydrogens (tertiary/aromatic N) is 3. The second-order valence-electron chi connectivity index (χ2n) is 18.9. The zero-order chi connectivity index (χ0) is 58.7. The highest BCUT2D eigenvalue weighted by Crippen LogP contribution is 2.47. The molecule has 2 aromatic heterocycles. The summed E-state index contributed by atoms with van der Waals surface area (Å²) in [6.45, 7) is 0.630. The van der Waals surface area contributed by atoms with E-state index in [2.05, 4.69) is 65.8 Å². The van der Waals surface area contributed by atoms with Crippen molar-refractivity contribution in [1.29, 1.82) is 0 Å². The fourth-order valence-electron chi connectivity index (χ4n) is 9.85. The number of hydrogen-bond donors (Lipinski definition) is 1. The third-order valence-electron chi connectivity index (χ3n) is 14.9. The van der Waals surface area contributed by atoms with E-state index in [1.807, 2.05) is 95.6 Å². The fraction of sp³-hybridized carbons (Fsp3) is 0.262. The Balaban J connectivity index is 1.25. The van der Waals surface area contributed by atoms with Crippen molar-refractivity contribution in [3.8, 4) is 78.6 Å². The number of pyridine rings is 1. The molecule has 0 saturated heterocycles. The number of rotatable bonds is 13. The number of fused-ring (bicyclic) bond motifs is 1. The predicted molar refractivity (Wildman–Crippen MR) is 292 cm³/mol. The van der Waals surface area contributed by atoms with Gasteiger partial charge in [0.25, 0.3) is 0 Å². The van der Waals surface area contributed by atoms with E-state index in [9.17, 15) is 9.22 Å². The van der Waals surface area contributed by atoms with E-state index in [0.717, 1.165) is 64.6 Å². The molecule has 4 nitrogen and oxygen atoms in total. The number of aromatic nitrogens is 3. The van der Waals surface area contributed by atoms with Crippen LogP contribution in [0.25, 0.3) is 83.9 Å². The number of benzene rings is 7. The van der Waals surface area contributed by atoms with Crippen molar-refractivity contribution < 1.29 is 21.6 Å². The Kier molecular flexibility index (Phi) is 9.34. The van der Waals surface area contributed by atoms with E-state index in [0.29, 0.717) is 44.9 Å². The molecule has 69 heavy (non-hydrogen) atoms. The molecule has 0 atom stereocenters. The smallest absolute Gasteiger partial charge is 0.149 e. The molecule has 0 fully saturated rings. The Morgan fingerprint density at radius 1 is 0.536 bits per heavy atom. The summed E-state index contributed by atoms with van der Waals surface area (Å²) in [5.41, 5.74) is 8.27. The zero-order valence-electron chi connectivity index (χ0n) is 52.3. The molecule has 0 amide bonds. The van der Waals surface area contributed by atoms with Gasteiger partial charge in [-0.3, -0.25) is 9.55 Å². The van der Waals surface area contributed by atoms with Crippen molar-refractivity contribution in [2.24, 2.45) is 0 Å². The predicted octanol–water partition coefficient (Wildman–Crippen LogP) is 17.9. The van der Waals surface area contributed by atoms with Gasteiger partial charge in [-0.15, -0.1) is 0 Å². The van der Waals surface area contributed by atoms with Crippen LogP contribution in [0.4, 0.5) is 0 Å². The molecule has 4 heteroatoms. The maximum absolute atomic E-state index is 11.6. The van der Waals surface area contributed by atoms with Crippen molar-refractivity contribution in [3.63, 3.8) is 0 Å². The fourth-order valence-corrected chi connectivity index (χ4v) is 9.85. The molecule has 0 saturated carbocycles. The molecule has 2 heterocycles. The van der Waals surface area contributed by atoms with Crippen LogP contribution in [0.15, 0.2) is 170 Å². The monoisotopic (exact) mass is 918 g/mol. The van der Waals surface area contributed by atoms with Crippen molar-refractivity contribution in [3.05, 3.63) is 192 Å². The third kappa shape index (κ3) is 8.83. The molecule has 0 aliphatic carbocycles. The molecule has 0 unspecified atom stereocenters. The quantitative estimate of drug-likeness (QED) is 0.125. The molecule has 0 spiro atoms. The maximum atomic E-state index is 11.6. The van der Waals surface area contributed by atoms with Crippen LogP contribution in [0.3, 0.4) is 0 Å². The molecule has 0 bridgehead atoms. The van der Waals surface area contributed by atoms with Gasteiger partial charge in [-0.1, -0.05) is 165 Å². The van der Waals surface area contributed by atoms with Crippen LogP contribution in [0.5, 0.6) is 5.75 Å². The van der Waals surface area contributed by atoms with Gasteiger partial charge in [0.05, 0.1) is 28.0 Å². The molecule has 9 rings (SSSR count). The van der Waals surface area contributed by atoms with E-state index >= 15 is 0 Å². The number of aryl methyl sites for hydroxylation is 1. The van der Waals surface area contributed by atoms with Gasteiger partial charge in [0, 0.05) is 33.8 Å². The van der Waals surface area contributed by atoms with Gasteiger partial charge < -0.3 is 5.11 Å². The minimum atomic E-state index is -3.40. The molecule has 0 aliphatic heterocycles. The standard InChI is InChI=1S/C65H67N3O/c1-11-64(9,12-2)54-26-21-27-55(65(10,13-3)14-4)60(54)47-32-35-57(43(5)38-47)68-58-28-20-25-52(61(58)67-62(68)53-24-18-19-29-59(53)69)49-39-48(44-22-16-15-17-23-44)40-50(41-49)56-42-46(36-37-66-56)45-30-33-51(34-31-45)63(6,7)8/h15-42,69H,11-14H2,1-10H3/i5D3,6D3,7D3,8D3. The summed E-state index contributed by atoms with van der Waals surface area (Å²) in [6.07, 6.45) is 5.22. The minimum absolute atomic E-state index is 0.0295. The molecule has 9 aromatic rings. The summed E-state index contributed by atoms with van der Waals surface area (Å²) in [5.74, 6) is 0.316. The summed E-state index contributed by atoms with van der Waals surface area (Å²) < 4.78 is 104. The first kappa shape index (κ1) is 34.3. The first-order valence-corrected chi connectivity index (χ1v) is 24.0. The highest BCUT2D eigenvalue weighted by molar-refractivity contribution is 5.98. The van der Waals surface area contributed by atoms with Gasteiger partial charge in [-0.2, -0.15) is 0 Å². The molecular formula is C65H67N3O. The van der Waals surface area contributed by atoms with Gasteiger partial charge >= 0.3 is 0 Å². The number of phenols is 1. The second-order valence-corrected chi connectivity index (χ2v) is 18.9. The van der Waals surface area contributed by atoms with Gasteiger partial charge in [0.1, 0.15) is 11.6 Å². The molecular weight excluding hydrogens is 839 g/mol. The first-order valence-electron chi connectivity index (χ1n) is 30.0. The highest BCUT2D eigenvalue weighted by Gasteiger charge is 2.33. The van der Waals surface area contributed by atoms with E-state index in [-0.39, 0.29) is 27.7 Å². The van der Waals surface area contributed by atoms with Crippen LogP contribution in [-0.2, 0) is 16.2 Å². The normalized spacial score (nSPS) is 15.5. The second kappa shape index (κ2) is 18.8. The molecule has 7 aromatic carbocycles. The Labute approximate surface area is 427 Å². The number of para-hydroxylation sites is 2. The van der Waals surface area contributed by atoms with Crippen molar-refractivity contribution >= 4 is 11.0 Å². The first-order chi connectivity index (χ1) is 38.2. The zero-order valence-corrected chi connectivity index (χ0v) is 40.3. The lowest BCUT2D eigenvalue weighted by Crippen LogP contribution is -2.25. The number of aromatic hydroxyl groups is 1. The van der Waals surface area contributed by atoms with E-state index < -0.39 is 32.8 Å². The van der Waals surface area contributed by atoms with Crippen LogP contribution in [-0.4, -0.2) is 19.6 Å². The lowest BCUT2D eigenvalue weighted by molar-refractivity contribution is 0.426. The maximum Gasteiger partial charge on any atom is 0.149 e. The molecule has 0 radical (unpaired) electrons. The summed E-state index contributed by atoms with van der Waals surface area (Å²) >= 11 is 0. The number of hydrogen-bond acceptors (Lipinski definition) is 3. The van der Waals surface area contributed by atoms with Gasteiger partial charge in [-0.25, -0.2) is 4.98 Å². The highest BCUT2D eigenvalue weighted by atomic mass is 16.3. The third-order valence-corrected chi connectivity index (χ3v) is 14.9. The molecule has 348 valence electrons. The Hall–Kier alpha value is -7.04. The average molecular weight is 918 g/mol. The van der Waals surface area contributed by atoms with Crippen LogP contribution in [0, 0.1) is 6.85 Å². The Morgan fingerprint density at radius 3 is 1.81 bits per heavy atom. The van der Waals surface area contributed by atoms with Crippen LogP contribution < -0.4 is 0 Å². The Bertz CT molecular complexity index is 3680. The summed E-state index contributed by atoms with van der Waals surface area (Å²) in [5, 5.41) is 11.6. The van der Waals surface area contributed by atoms with Crippen molar-refractivity contribution in [2.45, 2.75) is 111 Å². The lowest BCUT2D eigenvalue weighted by Gasteiger charge is -2.36. The lowest BCUT2D eigenvalue weighted by atomic mass is 9.68. The van der Waals surface area contributed by atoms with Crippen LogP contribution in [0.2, 0.25) is 0 Å². The average Bonchev–Trinajstić information content (AvgIpc) is 3.83. The van der Waals surface area contributed by atoms with E-state index in [1.165, 1.54) is 35.4 Å². The molecule has 0 aliphatic rings. The summed E-state index contributed by atoms with van der Waals surface area (Å²) in [7, 11) is 0. The van der Waals surface area contributed by atoms with E-state index in [4.69, 9.17) is 22.3 Å². The largest absolute Gasteiger partial charge is 0.507 e. The minimum Gasteiger partial charge on any atom is -0.507 e. The number of phenolic OH excluding ortho intramolecular Hbond substituents is 1. The van der Waals surface area contributed by atoms with Gasteiger partial charge in [0.15, 0.2) is 0 Å². The van der Waals surface area contributed by atoms with Crippen molar-refractivity contribution in [1.82, 2.24) is 14.5 Å². The van der Waals surface area contributed by atoms with Crippen LogP contribution in [0.1, 0.15) is 126 Å².